The molecule has 0 rings (SSSR count). The van der Waals surface area contributed by atoms with Gasteiger partial charge < -0.3 is 4.74 Å². The molecule has 0 spiro atoms. The summed E-state index contributed by atoms with van der Waals surface area (Å²) >= 11 is 0. The van der Waals surface area contributed by atoms with Gasteiger partial charge in [0.05, 0.1) is 19.2 Å². The van der Waals surface area contributed by atoms with E-state index in [-0.39, 0.29) is 13.2 Å². The van der Waals surface area contributed by atoms with Gasteiger partial charge in [-0.15, -0.1) is 0 Å². The Kier molecular flexibility index (Phi) is 5.03. The highest BCUT2D eigenvalue weighted by Gasteiger charge is 2.16. The van der Waals surface area contributed by atoms with Gasteiger partial charge in [-0.1, -0.05) is 0 Å². The van der Waals surface area contributed by atoms with E-state index in [1.165, 1.54) is 0 Å². The summed E-state index contributed by atoms with van der Waals surface area (Å²) in [4.78, 5) is 10.7. The second-order valence-corrected chi connectivity index (χ2v) is 3.85. The van der Waals surface area contributed by atoms with Crippen molar-refractivity contribution in [2.24, 2.45) is 0 Å². The largest absolute Gasteiger partial charge is 0.465 e. The number of sulfonamides is 1. The molecule has 0 aliphatic rings. The first-order chi connectivity index (χ1) is 6.02. The Balaban J connectivity index is 4.04. The molecule has 0 saturated heterocycles. The molecule has 0 unspecified atom stereocenters. The maximum Gasteiger partial charge on any atom is 0.322 e. The standard InChI is InChI=1S/C6H10N2O4S/c1-2-12-6(9)5-13(10,11)8-4-3-7/h8H,2,4-5H2,1H3. The third-order valence-corrected chi connectivity index (χ3v) is 2.18. The fourth-order valence-corrected chi connectivity index (χ4v) is 1.33. The van der Waals surface area contributed by atoms with Crippen molar-refractivity contribution in [2.75, 3.05) is 18.9 Å². The molecule has 0 atom stereocenters. The highest BCUT2D eigenvalue weighted by atomic mass is 32.2. The molecule has 1 N–H and O–H groups in total. The van der Waals surface area contributed by atoms with Gasteiger partial charge in [0.15, 0.2) is 5.75 Å². The molecule has 0 aromatic carbocycles. The quantitative estimate of drug-likeness (QED) is 0.459. The van der Waals surface area contributed by atoms with Gasteiger partial charge in [-0.2, -0.15) is 5.26 Å². The van der Waals surface area contributed by atoms with E-state index in [2.05, 4.69) is 4.74 Å². The normalized spacial score (nSPS) is 10.5. The minimum atomic E-state index is -3.71. The Morgan fingerprint density at radius 2 is 2.23 bits per heavy atom. The lowest BCUT2D eigenvalue weighted by molar-refractivity contribution is -0.139. The summed E-state index contributed by atoms with van der Waals surface area (Å²) in [5.74, 6) is -1.57. The molecule has 0 fully saturated rings. The zero-order valence-electron chi connectivity index (χ0n) is 7.11. The van der Waals surface area contributed by atoms with Crippen molar-refractivity contribution in [3.63, 3.8) is 0 Å². The molecule has 0 radical (unpaired) electrons. The van der Waals surface area contributed by atoms with Crippen LogP contribution in [0.5, 0.6) is 0 Å². The van der Waals surface area contributed by atoms with Gasteiger partial charge in [0.2, 0.25) is 10.0 Å². The van der Waals surface area contributed by atoms with Crippen molar-refractivity contribution >= 4 is 16.0 Å². The number of ether oxygens (including phenoxy) is 1. The van der Waals surface area contributed by atoms with Crippen LogP contribution in [0, 0.1) is 11.3 Å². The van der Waals surface area contributed by atoms with E-state index in [0.717, 1.165) is 0 Å². The molecule has 0 aromatic rings. The Bertz CT molecular complexity index is 303. The maximum atomic E-state index is 10.9. The third kappa shape index (κ3) is 6.07. The van der Waals surface area contributed by atoms with Crippen molar-refractivity contribution in [3.05, 3.63) is 0 Å². The second-order valence-electron chi connectivity index (χ2n) is 2.04. The molecule has 0 amide bonds. The van der Waals surface area contributed by atoms with Crippen LogP contribution in [0.4, 0.5) is 0 Å². The van der Waals surface area contributed by atoms with Crippen molar-refractivity contribution in [1.82, 2.24) is 4.72 Å². The summed E-state index contributed by atoms with van der Waals surface area (Å²) in [7, 11) is -3.71. The van der Waals surface area contributed by atoms with E-state index in [0.29, 0.717) is 0 Å². The Labute approximate surface area is 76.5 Å². The van der Waals surface area contributed by atoms with Gasteiger partial charge in [0.25, 0.3) is 0 Å². The predicted octanol–water partition coefficient (Wildman–Crippen LogP) is -1.01. The van der Waals surface area contributed by atoms with Crippen LogP contribution in [-0.2, 0) is 19.6 Å². The summed E-state index contributed by atoms with van der Waals surface area (Å²) in [6.45, 7) is 1.36. The molecule has 0 saturated carbocycles. The van der Waals surface area contributed by atoms with Crippen LogP contribution in [0.3, 0.4) is 0 Å². The number of esters is 1. The van der Waals surface area contributed by atoms with E-state index in [1.54, 1.807) is 13.0 Å². The van der Waals surface area contributed by atoms with E-state index in [1.807, 2.05) is 4.72 Å². The Morgan fingerprint density at radius 3 is 2.69 bits per heavy atom. The van der Waals surface area contributed by atoms with Crippen molar-refractivity contribution < 1.29 is 17.9 Å². The van der Waals surface area contributed by atoms with Crippen LogP contribution >= 0.6 is 0 Å². The molecule has 13 heavy (non-hydrogen) atoms. The lowest BCUT2D eigenvalue weighted by Gasteiger charge is -2.02. The van der Waals surface area contributed by atoms with Gasteiger partial charge in [-0.25, -0.2) is 13.1 Å². The summed E-state index contributed by atoms with van der Waals surface area (Å²) in [6.07, 6.45) is 0. The summed E-state index contributed by atoms with van der Waals surface area (Å²) in [5.41, 5.74) is 0. The van der Waals surface area contributed by atoms with Gasteiger partial charge >= 0.3 is 5.97 Å². The number of hydrogen-bond donors (Lipinski definition) is 1. The zero-order chi connectivity index (χ0) is 10.3. The number of hydrogen-bond acceptors (Lipinski definition) is 5. The van der Waals surface area contributed by atoms with E-state index >= 15 is 0 Å². The topological polar surface area (TPSA) is 96.3 Å². The highest BCUT2D eigenvalue weighted by Crippen LogP contribution is 1.87. The molecule has 0 aromatic heterocycles. The van der Waals surface area contributed by atoms with Crippen molar-refractivity contribution in [3.8, 4) is 6.07 Å². The van der Waals surface area contributed by atoms with Crippen LogP contribution in [0.1, 0.15) is 6.92 Å². The summed E-state index contributed by atoms with van der Waals surface area (Å²) in [5, 5.41) is 8.07. The molecular formula is C6H10N2O4S. The SMILES string of the molecule is CCOC(=O)CS(=O)(=O)NCC#N. The van der Waals surface area contributed by atoms with Crippen molar-refractivity contribution in [2.45, 2.75) is 6.92 Å². The molecular weight excluding hydrogens is 196 g/mol. The molecule has 7 heteroatoms. The number of carbonyl (C=O) groups excluding carboxylic acids is 1. The van der Waals surface area contributed by atoms with E-state index < -0.39 is 21.7 Å². The van der Waals surface area contributed by atoms with Crippen molar-refractivity contribution in [1.29, 1.82) is 5.26 Å². The van der Waals surface area contributed by atoms with Gasteiger partial charge in [-0.3, -0.25) is 4.79 Å². The van der Waals surface area contributed by atoms with Gasteiger partial charge in [-0.05, 0) is 6.92 Å². The highest BCUT2D eigenvalue weighted by molar-refractivity contribution is 7.90. The Hall–Kier alpha value is -1.13. The first-order valence-corrected chi connectivity index (χ1v) is 5.17. The minimum absolute atomic E-state index is 0.132. The second kappa shape index (κ2) is 5.50. The molecule has 0 aliphatic carbocycles. The van der Waals surface area contributed by atoms with E-state index in [4.69, 9.17) is 5.26 Å². The number of rotatable bonds is 5. The first kappa shape index (κ1) is 11.9. The molecule has 0 bridgehead atoms. The lowest BCUT2D eigenvalue weighted by Crippen LogP contribution is -2.31. The molecule has 74 valence electrons. The average Bonchev–Trinajstić information content (AvgIpc) is 2.00. The fourth-order valence-electron chi connectivity index (χ4n) is 0.551. The van der Waals surface area contributed by atoms with Crippen LogP contribution in [-0.4, -0.2) is 33.3 Å². The fraction of sp³-hybridized carbons (Fsp3) is 0.667. The number of nitrogens with one attached hydrogen (secondary N) is 1. The average molecular weight is 206 g/mol. The monoisotopic (exact) mass is 206 g/mol. The Morgan fingerprint density at radius 1 is 1.62 bits per heavy atom. The smallest absolute Gasteiger partial charge is 0.322 e. The maximum absolute atomic E-state index is 10.9. The molecule has 0 aliphatic heterocycles. The minimum Gasteiger partial charge on any atom is -0.465 e. The number of nitrogens with zero attached hydrogens (tertiary/aromatic N) is 1. The number of carbonyl (C=O) groups is 1. The van der Waals surface area contributed by atoms with Crippen LogP contribution in [0.15, 0.2) is 0 Å². The summed E-state index contributed by atoms with van der Waals surface area (Å²) in [6, 6.07) is 1.59. The lowest BCUT2D eigenvalue weighted by atomic mass is 10.8. The molecule has 0 heterocycles. The predicted molar refractivity (Wildman–Crippen MR) is 44.0 cm³/mol. The van der Waals surface area contributed by atoms with Gasteiger partial charge in [0.1, 0.15) is 0 Å². The number of nitriles is 1. The van der Waals surface area contributed by atoms with Crippen LogP contribution in [0.25, 0.3) is 0 Å². The zero-order valence-corrected chi connectivity index (χ0v) is 7.93. The van der Waals surface area contributed by atoms with Gasteiger partial charge in [0, 0.05) is 0 Å². The van der Waals surface area contributed by atoms with Crippen LogP contribution in [0.2, 0.25) is 0 Å². The third-order valence-electron chi connectivity index (χ3n) is 0.984. The summed E-state index contributed by atoms with van der Waals surface area (Å²) < 4.78 is 28.1. The van der Waals surface area contributed by atoms with Crippen LogP contribution < -0.4 is 4.72 Å². The first-order valence-electron chi connectivity index (χ1n) is 3.51. The molecule has 6 nitrogen and oxygen atoms in total. The van der Waals surface area contributed by atoms with E-state index in [9.17, 15) is 13.2 Å².